The molecule has 0 spiro atoms. The molecule has 5 heteroatoms. The summed E-state index contributed by atoms with van der Waals surface area (Å²) in [7, 11) is 0. The predicted octanol–water partition coefficient (Wildman–Crippen LogP) is 2.11. The van der Waals surface area contributed by atoms with Crippen molar-refractivity contribution >= 4 is 5.97 Å². The maximum atomic E-state index is 12.9. The summed E-state index contributed by atoms with van der Waals surface area (Å²) in [6, 6.07) is 9.30. The standard InChI is InChI=1S/C18H21N3O2/c22-18(23-16-12-20-9-6-14(16)7-10-20)17(21-11-8-19-13-21)15-4-2-1-3-5-15/h1-5,8,11,13-14,16-17H,6-7,9-10,12H2. The van der Waals surface area contributed by atoms with Crippen molar-refractivity contribution in [2.45, 2.75) is 25.0 Å². The number of aromatic nitrogens is 2. The Kier molecular flexibility index (Phi) is 3.87. The molecule has 2 bridgehead atoms. The Morgan fingerprint density at radius 3 is 2.61 bits per heavy atom. The van der Waals surface area contributed by atoms with Crippen LogP contribution in [0.4, 0.5) is 0 Å². The first-order chi connectivity index (χ1) is 11.3. The summed E-state index contributed by atoms with van der Waals surface area (Å²) in [6.07, 6.45) is 7.49. The highest BCUT2D eigenvalue weighted by molar-refractivity contribution is 5.78. The zero-order chi connectivity index (χ0) is 15.6. The summed E-state index contributed by atoms with van der Waals surface area (Å²) < 4.78 is 7.75. The van der Waals surface area contributed by atoms with Crippen molar-refractivity contribution in [2.24, 2.45) is 5.92 Å². The zero-order valence-electron chi connectivity index (χ0n) is 13.0. The van der Waals surface area contributed by atoms with Gasteiger partial charge in [0.1, 0.15) is 6.10 Å². The number of hydrogen-bond donors (Lipinski definition) is 0. The lowest BCUT2D eigenvalue weighted by Crippen LogP contribution is -2.52. The van der Waals surface area contributed by atoms with Crippen molar-refractivity contribution in [3.05, 3.63) is 54.6 Å². The highest BCUT2D eigenvalue weighted by Crippen LogP contribution is 2.31. The number of piperidine rings is 3. The van der Waals surface area contributed by atoms with Crippen LogP contribution in [0.1, 0.15) is 24.4 Å². The van der Waals surface area contributed by atoms with E-state index in [-0.39, 0.29) is 12.1 Å². The fraction of sp³-hybridized carbons (Fsp3) is 0.444. The summed E-state index contributed by atoms with van der Waals surface area (Å²) >= 11 is 0. The summed E-state index contributed by atoms with van der Waals surface area (Å²) in [4.78, 5) is 19.4. The van der Waals surface area contributed by atoms with E-state index in [9.17, 15) is 4.79 Å². The van der Waals surface area contributed by atoms with Gasteiger partial charge in [-0.2, -0.15) is 0 Å². The van der Waals surface area contributed by atoms with Crippen LogP contribution in [-0.2, 0) is 9.53 Å². The molecule has 2 aromatic rings. The molecular formula is C18H21N3O2. The van der Waals surface area contributed by atoms with Crippen LogP contribution in [0.3, 0.4) is 0 Å². The number of imidazole rings is 1. The Labute approximate surface area is 135 Å². The minimum Gasteiger partial charge on any atom is -0.459 e. The summed E-state index contributed by atoms with van der Waals surface area (Å²) in [5.41, 5.74) is 0.928. The van der Waals surface area contributed by atoms with Crippen LogP contribution in [0.15, 0.2) is 49.1 Å². The average Bonchev–Trinajstić information content (AvgIpc) is 3.11. The maximum Gasteiger partial charge on any atom is 0.334 e. The van der Waals surface area contributed by atoms with Crippen LogP contribution in [0.2, 0.25) is 0 Å². The summed E-state index contributed by atoms with van der Waals surface area (Å²) in [6.45, 7) is 3.16. The van der Waals surface area contributed by atoms with Crippen molar-refractivity contribution in [3.8, 4) is 0 Å². The normalized spacial score (nSPS) is 27.6. The van der Waals surface area contributed by atoms with Gasteiger partial charge in [0, 0.05) is 18.9 Å². The van der Waals surface area contributed by atoms with Gasteiger partial charge in [0.25, 0.3) is 0 Å². The van der Waals surface area contributed by atoms with E-state index in [0.717, 1.165) is 38.0 Å². The van der Waals surface area contributed by atoms with E-state index < -0.39 is 6.04 Å². The number of ether oxygens (including phenoxy) is 1. The Morgan fingerprint density at radius 2 is 2.00 bits per heavy atom. The average molecular weight is 311 g/mol. The molecule has 4 heterocycles. The van der Waals surface area contributed by atoms with Gasteiger partial charge >= 0.3 is 5.97 Å². The molecule has 3 saturated heterocycles. The molecular weight excluding hydrogens is 290 g/mol. The van der Waals surface area contributed by atoms with Crippen LogP contribution in [-0.4, -0.2) is 46.2 Å². The highest BCUT2D eigenvalue weighted by atomic mass is 16.5. The van der Waals surface area contributed by atoms with Crippen LogP contribution < -0.4 is 0 Å². The van der Waals surface area contributed by atoms with E-state index in [4.69, 9.17) is 4.74 Å². The van der Waals surface area contributed by atoms with Crippen molar-refractivity contribution in [1.29, 1.82) is 0 Å². The number of benzene rings is 1. The second kappa shape index (κ2) is 6.16. The minimum atomic E-state index is -0.464. The van der Waals surface area contributed by atoms with Gasteiger partial charge in [0.15, 0.2) is 6.04 Å². The van der Waals surface area contributed by atoms with Crippen LogP contribution in [0, 0.1) is 5.92 Å². The molecule has 3 aliphatic heterocycles. The summed E-state index contributed by atoms with van der Waals surface area (Å²) in [5.74, 6) is 0.330. The Morgan fingerprint density at radius 1 is 1.22 bits per heavy atom. The number of esters is 1. The number of carbonyl (C=O) groups is 1. The number of nitrogens with zero attached hydrogens (tertiary/aromatic N) is 3. The Bertz CT molecular complexity index is 648. The van der Waals surface area contributed by atoms with E-state index in [1.807, 2.05) is 41.1 Å². The molecule has 0 aliphatic carbocycles. The van der Waals surface area contributed by atoms with Gasteiger partial charge in [0.2, 0.25) is 0 Å². The molecule has 120 valence electrons. The van der Waals surface area contributed by atoms with Gasteiger partial charge in [-0.05, 0) is 37.4 Å². The SMILES string of the molecule is O=C(OC1CN2CCC1CC2)C(c1ccccc1)n1ccnc1. The highest BCUT2D eigenvalue weighted by Gasteiger charge is 2.38. The molecule has 5 rings (SSSR count). The monoisotopic (exact) mass is 311 g/mol. The summed E-state index contributed by atoms with van der Waals surface area (Å²) in [5, 5.41) is 0. The van der Waals surface area contributed by atoms with E-state index in [2.05, 4.69) is 9.88 Å². The van der Waals surface area contributed by atoms with E-state index in [0.29, 0.717) is 5.92 Å². The third-order valence-corrected chi connectivity index (χ3v) is 5.03. The number of carbonyl (C=O) groups excluding carboxylic acids is 1. The zero-order valence-corrected chi connectivity index (χ0v) is 13.0. The molecule has 0 saturated carbocycles. The molecule has 1 aromatic carbocycles. The predicted molar refractivity (Wildman–Crippen MR) is 85.9 cm³/mol. The third-order valence-electron chi connectivity index (χ3n) is 5.03. The quantitative estimate of drug-likeness (QED) is 0.812. The lowest BCUT2D eigenvalue weighted by molar-refractivity contribution is -0.161. The van der Waals surface area contributed by atoms with Gasteiger partial charge < -0.3 is 9.30 Å². The molecule has 2 atom stereocenters. The van der Waals surface area contributed by atoms with Gasteiger partial charge in [-0.25, -0.2) is 9.78 Å². The smallest absolute Gasteiger partial charge is 0.334 e. The Hall–Kier alpha value is -2.14. The fourth-order valence-electron chi connectivity index (χ4n) is 3.75. The first kappa shape index (κ1) is 14.5. The van der Waals surface area contributed by atoms with Crippen LogP contribution >= 0.6 is 0 Å². The van der Waals surface area contributed by atoms with Crippen LogP contribution in [0.5, 0.6) is 0 Å². The van der Waals surface area contributed by atoms with Crippen molar-refractivity contribution in [3.63, 3.8) is 0 Å². The van der Waals surface area contributed by atoms with Crippen LogP contribution in [0.25, 0.3) is 0 Å². The van der Waals surface area contributed by atoms with Crippen molar-refractivity contribution in [1.82, 2.24) is 14.5 Å². The molecule has 3 fully saturated rings. The molecule has 0 N–H and O–H groups in total. The largest absolute Gasteiger partial charge is 0.459 e. The Balaban J connectivity index is 1.56. The third kappa shape index (κ3) is 2.88. The number of hydrogen-bond acceptors (Lipinski definition) is 4. The van der Waals surface area contributed by atoms with Gasteiger partial charge in [-0.3, -0.25) is 4.90 Å². The lowest BCUT2D eigenvalue weighted by Gasteiger charge is -2.44. The van der Waals surface area contributed by atoms with E-state index >= 15 is 0 Å². The van der Waals surface area contributed by atoms with Gasteiger partial charge in [-0.15, -0.1) is 0 Å². The minimum absolute atomic E-state index is 0.0275. The molecule has 0 amide bonds. The maximum absolute atomic E-state index is 12.9. The lowest BCUT2D eigenvalue weighted by atomic mass is 9.86. The van der Waals surface area contributed by atoms with Crippen molar-refractivity contribution in [2.75, 3.05) is 19.6 Å². The fourth-order valence-corrected chi connectivity index (χ4v) is 3.75. The second-order valence-electron chi connectivity index (χ2n) is 6.44. The first-order valence-corrected chi connectivity index (χ1v) is 8.26. The molecule has 23 heavy (non-hydrogen) atoms. The molecule has 3 aliphatic rings. The van der Waals surface area contributed by atoms with Crippen molar-refractivity contribution < 1.29 is 9.53 Å². The first-order valence-electron chi connectivity index (χ1n) is 8.26. The van der Waals surface area contributed by atoms with Gasteiger partial charge in [-0.1, -0.05) is 30.3 Å². The number of fused-ring (bicyclic) bond motifs is 3. The number of rotatable bonds is 4. The second-order valence-corrected chi connectivity index (χ2v) is 6.44. The molecule has 0 radical (unpaired) electrons. The molecule has 5 nitrogen and oxygen atoms in total. The van der Waals surface area contributed by atoms with E-state index in [1.165, 1.54) is 0 Å². The topological polar surface area (TPSA) is 47.4 Å². The van der Waals surface area contributed by atoms with Gasteiger partial charge in [0.05, 0.1) is 6.33 Å². The van der Waals surface area contributed by atoms with E-state index in [1.54, 1.807) is 12.5 Å². The molecule has 2 unspecified atom stereocenters. The molecule has 1 aromatic heterocycles.